The van der Waals surface area contributed by atoms with Crippen molar-refractivity contribution in [3.05, 3.63) is 35.9 Å². The van der Waals surface area contributed by atoms with Crippen molar-refractivity contribution in [1.82, 2.24) is 19.6 Å². The van der Waals surface area contributed by atoms with Crippen LogP contribution in [0.2, 0.25) is 0 Å². The fourth-order valence-electron chi connectivity index (χ4n) is 6.96. The van der Waals surface area contributed by atoms with E-state index in [0.29, 0.717) is 36.0 Å². The summed E-state index contributed by atoms with van der Waals surface area (Å²) in [6.45, 7) is 17.4. The van der Waals surface area contributed by atoms with Crippen LogP contribution in [-0.2, 0) is 6.42 Å². The Labute approximate surface area is 238 Å². The van der Waals surface area contributed by atoms with Gasteiger partial charge in [-0.3, -0.25) is 15.3 Å². The van der Waals surface area contributed by atoms with Gasteiger partial charge in [-0.15, -0.1) is 0 Å². The zero-order valence-corrected chi connectivity index (χ0v) is 25.4. The van der Waals surface area contributed by atoms with Crippen LogP contribution in [0.5, 0.6) is 0 Å². The average Bonchev–Trinajstić information content (AvgIpc) is 3.58. The lowest BCUT2D eigenvalue weighted by atomic mass is 10.0. The quantitative estimate of drug-likeness (QED) is 0.354. The highest BCUT2D eigenvalue weighted by Crippen LogP contribution is 2.28. The van der Waals surface area contributed by atoms with E-state index in [-0.39, 0.29) is 0 Å². The molecule has 0 saturated carbocycles. The van der Waals surface area contributed by atoms with E-state index in [2.05, 4.69) is 89.5 Å². The van der Waals surface area contributed by atoms with Crippen molar-refractivity contribution in [2.24, 2.45) is 22.6 Å². The monoisotopic (exact) mass is 537 g/mol. The van der Waals surface area contributed by atoms with Gasteiger partial charge in [0.05, 0.1) is 12.6 Å². The minimum Gasteiger partial charge on any atom is -0.370 e. The highest BCUT2D eigenvalue weighted by atomic mass is 15.5. The molecule has 2 saturated heterocycles. The van der Waals surface area contributed by atoms with Gasteiger partial charge in [0.15, 0.2) is 11.9 Å². The topological polar surface area (TPSA) is 75.2 Å². The molecule has 3 N–H and O–H groups in total. The molecule has 3 aliphatic rings. The Kier molecular flexibility index (Phi) is 10.6. The molecule has 7 heteroatoms. The van der Waals surface area contributed by atoms with Crippen molar-refractivity contribution in [3.63, 3.8) is 0 Å². The second kappa shape index (κ2) is 13.9. The summed E-state index contributed by atoms with van der Waals surface area (Å²) in [6, 6.07) is 12.6. The van der Waals surface area contributed by atoms with Gasteiger partial charge in [-0.1, -0.05) is 71.4 Å². The molecule has 7 nitrogen and oxygen atoms in total. The Balaban J connectivity index is 1.51. The normalized spacial score (nSPS) is 25.0. The number of nitrogens with zero attached hydrogens (tertiary/aromatic N) is 5. The SMILES string of the molecule is CCC[C@@H]1CN([C@H](Cc2ccccc2)CN2CCC[C@H]2CN2C(N)=NC[C@H]2C(C)C)C(=N)N1CCCC(C)C. The second-order valence-electron chi connectivity index (χ2n) is 12.9. The molecule has 0 aliphatic carbocycles. The molecule has 0 unspecified atom stereocenters. The average molecular weight is 538 g/mol. The van der Waals surface area contributed by atoms with Gasteiger partial charge in [-0.2, -0.15) is 0 Å². The summed E-state index contributed by atoms with van der Waals surface area (Å²) in [7, 11) is 0. The molecule has 1 aromatic carbocycles. The van der Waals surface area contributed by atoms with Gasteiger partial charge in [0.2, 0.25) is 0 Å². The van der Waals surface area contributed by atoms with E-state index < -0.39 is 0 Å². The minimum atomic E-state index is 0.292. The lowest BCUT2D eigenvalue weighted by Gasteiger charge is -2.38. The lowest BCUT2D eigenvalue weighted by Crippen LogP contribution is -2.53. The Bertz CT molecular complexity index is 930. The first-order valence-corrected chi connectivity index (χ1v) is 15.7. The van der Waals surface area contributed by atoms with E-state index in [9.17, 15) is 5.41 Å². The Hall–Kier alpha value is -2.28. The van der Waals surface area contributed by atoms with Gasteiger partial charge < -0.3 is 20.4 Å². The number of hydrogen-bond donors (Lipinski definition) is 2. The van der Waals surface area contributed by atoms with Crippen molar-refractivity contribution in [1.29, 1.82) is 5.41 Å². The smallest absolute Gasteiger partial charge is 0.194 e. The van der Waals surface area contributed by atoms with Crippen LogP contribution in [0, 0.1) is 17.2 Å². The van der Waals surface area contributed by atoms with Crippen molar-refractivity contribution >= 4 is 11.9 Å². The molecular formula is C32H55N7. The molecule has 1 aromatic rings. The maximum atomic E-state index is 9.35. The molecule has 3 heterocycles. The number of benzene rings is 1. The first-order valence-electron chi connectivity index (χ1n) is 15.7. The highest BCUT2D eigenvalue weighted by Gasteiger charge is 2.40. The van der Waals surface area contributed by atoms with E-state index in [1.54, 1.807) is 0 Å². The Morgan fingerprint density at radius 2 is 1.85 bits per heavy atom. The molecule has 3 aliphatic heterocycles. The van der Waals surface area contributed by atoms with E-state index in [4.69, 9.17) is 5.73 Å². The zero-order chi connectivity index (χ0) is 27.9. The summed E-state index contributed by atoms with van der Waals surface area (Å²) in [5.41, 5.74) is 7.75. The van der Waals surface area contributed by atoms with Gasteiger partial charge in [-0.25, -0.2) is 0 Å². The molecule has 2 fully saturated rings. The third-order valence-electron chi connectivity index (χ3n) is 9.21. The molecular weight excluding hydrogens is 482 g/mol. The van der Waals surface area contributed by atoms with Crippen LogP contribution < -0.4 is 5.73 Å². The van der Waals surface area contributed by atoms with Gasteiger partial charge in [-0.05, 0) is 62.5 Å². The number of rotatable bonds is 14. The van der Waals surface area contributed by atoms with Crippen molar-refractivity contribution in [2.45, 2.75) is 104 Å². The van der Waals surface area contributed by atoms with Crippen molar-refractivity contribution < 1.29 is 0 Å². The van der Waals surface area contributed by atoms with Crippen molar-refractivity contribution in [2.75, 3.05) is 39.3 Å². The first-order chi connectivity index (χ1) is 18.8. The number of aliphatic imine (C=N–C) groups is 1. The van der Waals surface area contributed by atoms with Gasteiger partial charge >= 0.3 is 0 Å². The summed E-state index contributed by atoms with van der Waals surface area (Å²) < 4.78 is 0. The van der Waals surface area contributed by atoms with Crippen LogP contribution >= 0.6 is 0 Å². The molecule has 39 heavy (non-hydrogen) atoms. The van der Waals surface area contributed by atoms with Crippen LogP contribution in [0.4, 0.5) is 0 Å². The van der Waals surface area contributed by atoms with Crippen LogP contribution in [0.25, 0.3) is 0 Å². The molecule has 218 valence electrons. The minimum absolute atomic E-state index is 0.292. The third kappa shape index (κ3) is 7.47. The summed E-state index contributed by atoms with van der Waals surface area (Å²) in [4.78, 5) is 14.6. The molecule has 0 amide bonds. The first kappa shape index (κ1) is 29.7. The standard InChI is InChI=1S/C32H55N7/c1-6-12-28-23-38(32(34)37(28)18-10-13-24(2)3)29(19-26-14-8-7-9-15-26)21-36-17-11-16-27(36)22-39-30(25(4)5)20-35-31(39)33/h7-9,14-15,24-25,27-30,34H,6,10-13,16-23H2,1-5H3,(H2,33,35)/t27-,28+,29+,30-/m0/s1. The predicted octanol–water partition coefficient (Wildman–Crippen LogP) is 4.87. The van der Waals surface area contributed by atoms with E-state index in [1.165, 1.54) is 37.7 Å². The number of nitrogens with one attached hydrogen (secondary N) is 1. The highest BCUT2D eigenvalue weighted by molar-refractivity contribution is 5.80. The predicted molar refractivity (Wildman–Crippen MR) is 164 cm³/mol. The van der Waals surface area contributed by atoms with Crippen LogP contribution in [0.3, 0.4) is 0 Å². The van der Waals surface area contributed by atoms with Crippen LogP contribution in [0.15, 0.2) is 35.3 Å². The zero-order valence-electron chi connectivity index (χ0n) is 25.4. The fourth-order valence-corrected chi connectivity index (χ4v) is 6.96. The summed E-state index contributed by atoms with van der Waals surface area (Å²) in [6.07, 6.45) is 8.15. The summed E-state index contributed by atoms with van der Waals surface area (Å²) in [5.74, 6) is 2.73. The summed E-state index contributed by atoms with van der Waals surface area (Å²) >= 11 is 0. The Morgan fingerprint density at radius 3 is 2.54 bits per heavy atom. The van der Waals surface area contributed by atoms with E-state index >= 15 is 0 Å². The van der Waals surface area contributed by atoms with Crippen LogP contribution in [0.1, 0.15) is 78.7 Å². The Morgan fingerprint density at radius 1 is 1.08 bits per heavy atom. The summed E-state index contributed by atoms with van der Waals surface area (Å²) in [5, 5.41) is 9.35. The maximum absolute atomic E-state index is 9.35. The molecule has 0 bridgehead atoms. The molecule has 0 spiro atoms. The fraction of sp³-hybridized carbons (Fsp3) is 0.750. The number of guanidine groups is 2. The van der Waals surface area contributed by atoms with Gasteiger partial charge in [0, 0.05) is 44.3 Å². The second-order valence-corrected chi connectivity index (χ2v) is 12.9. The maximum Gasteiger partial charge on any atom is 0.194 e. The van der Waals surface area contributed by atoms with Crippen molar-refractivity contribution in [3.8, 4) is 0 Å². The van der Waals surface area contributed by atoms with Crippen LogP contribution in [-0.4, -0.2) is 95.0 Å². The molecule has 0 aromatic heterocycles. The number of nitrogens with two attached hydrogens (primary N) is 1. The largest absolute Gasteiger partial charge is 0.370 e. The third-order valence-corrected chi connectivity index (χ3v) is 9.21. The number of likely N-dealkylation sites (tertiary alicyclic amines) is 1. The van der Waals surface area contributed by atoms with Gasteiger partial charge in [0.25, 0.3) is 0 Å². The molecule has 4 rings (SSSR count). The van der Waals surface area contributed by atoms with Gasteiger partial charge in [0.1, 0.15) is 0 Å². The number of hydrogen-bond acceptors (Lipinski definition) is 5. The molecule has 0 radical (unpaired) electrons. The van der Waals surface area contributed by atoms with E-state index in [1.807, 2.05) is 0 Å². The molecule has 4 atom stereocenters. The lowest BCUT2D eigenvalue weighted by molar-refractivity contribution is 0.149. The van der Waals surface area contributed by atoms with E-state index in [0.717, 1.165) is 64.0 Å².